The second-order valence-electron chi connectivity index (χ2n) is 7.44. The molecule has 2 amide bonds. The van der Waals surface area contributed by atoms with Crippen molar-refractivity contribution in [3.63, 3.8) is 0 Å². The van der Waals surface area contributed by atoms with Crippen LogP contribution in [0.3, 0.4) is 0 Å². The van der Waals surface area contributed by atoms with Crippen LogP contribution in [0.15, 0.2) is 72.8 Å². The SMILES string of the molecule is CC(=O)c1ccc(C(=O)N([C@H](C)c2cc(F)cc(F)c2)[C@@H](C(N)=O)c2ccccc2)cc1. The second kappa shape index (κ2) is 9.51. The van der Waals surface area contributed by atoms with Gasteiger partial charge in [-0.3, -0.25) is 14.4 Å². The molecule has 0 saturated carbocycles. The normalized spacial score (nSPS) is 12.6. The summed E-state index contributed by atoms with van der Waals surface area (Å²) in [6.45, 7) is 2.97. The fourth-order valence-corrected chi connectivity index (χ4v) is 3.59. The third-order valence-corrected chi connectivity index (χ3v) is 5.22. The van der Waals surface area contributed by atoms with Crippen LogP contribution in [-0.4, -0.2) is 22.5 Å². The van der Waals surface area contributed by atoms with Gasteiger partial charge in [0.1, 0.15) is 17.7 Å². The lowest BCUT2D eigenvalue weighted by Gasteiger charge is -2.35. The van der Waals surface area contributed by atoms with Gasteiger partial charge in [-0.25, -0.2) is 8.78 Å². The summed E-state index contributed by atoms with van der Waals surface area (Å²) < 4.78 is 27.8. The van der Waals surface area contributed by atoms with Gasteiger partial charge in [-0.05, 0) is 49.2 Å². The second-order valence-corrected chi connectivity index (χ2v) is 7.44. The standard InChI is InChI=1S/C25H22F2N2O3/c1-15(20-12-21(26)14-22(27)13-20)29(23(24(28)31)18-6-4-3-5-7-18)25(32)19-10-8-17(9-11-19)16(2)30/h3-15,23H,1-2H3,(H2,28,31)/t15-,23-/m1/s1. The van der Waals surface area contributed by atoms with E-state index in [-0.39, 0.29) is 16.9 Å². The minimum atomic E-state index is -1.20. The number of nitrogens with zero attached hydrogens (tertiary/aromatic N) is 1. The van der Waals surface area contributed by atoms with Crippen molar-refractivity contribution in [2.75, 3.05) is 0 Å². The molecule has 5 nitrogen and oxygen atoms in total. The van der Waals surface area contributed by atoms with Crippen molar-refractivity contribution in [2.45, 2.75) is 25.9 Å². The number of primary amides is 1. The lowest BCUT2D eigenvalue weighted by molar-refractivity contribution is -0.123. The molecule has 0 unspecified atom stereocenters. The molecule has 32 heavy (non-hydrogen) atoms. The van der Waals surface area contributed by atoms with Gasteiger partial charge < -0.3 is 10.6 Å². The van der Waals surface area contributed by atoms with Gasteiger partial charge in [0, 0.05) is 17.2 Å². The minimum Gasteiger partial charge on any atom is -0.368 e. The van der Waals surface area contributed by atoms with Gasteiger partial charge in [0.2, 0.25) is 5.91 Å². The van der Waals surface area contributed by atoms with Crippen molar-refractivity contribution in [3.05, 3.63) is 107 Å². The van der Waals surface area contributed by atoms with Crippen LogP contribution >= 0.6 is 0 Å². The van der Waals surface area contributed by atoms with Gasteiger partial charge >= 0.3 is 0 Å². The van der Waals surface area contributed by atoms with Crippen LogP contribution in [0.2, 0.25) is 0 Å². The molecule has 3 aromatic carbocycles. The van der Waals surface area contributed by atoms with Gasteiger partial charge in [0.25, 0.3) is 5.91 Å². The Kier molecular flexibility index (Phi) is 6.78. The molecule has 3 rings (SSSR count). The van der Waals surface area contributed by atoms with E-state index >= 15 is 0 Å². The Morgan fingerprint density at radius 2 is 1.34 bits per heavy atom. The first-order valence-corrected chi connectivity index (χ1v) is 9.93. The highest BCUT2D eigenvalue weighted by Crippen LogP contribution is 2.33. The number of rotatable bonds is 7. The summed E-state index contributed by atoms with van der Waals surface area (Å²) in [5, 5.41) is 0. The predicted molar refractivity (Wildman–Crippen MR) is 116 cm³/mol. The summed E-state index contributed by atoms with van der Waals surface area (Å²) >= 11 is 0. The molecule has 0 spiro atoms. The number of hydrogen-bond donors (Lipinski definition) is 1. The fourth-order valence-electron chi connectivity index (χ4n) is 3.59. The molecule has 0 aliphatic rings. The predicted octanol–water partition coefficient (Wildman–Crippen LogP) is 4.60. The molecular formula is C25H22F2N2O3. The first-order chi connectivity index (χ1) is 15.2. The maximum atomic E-state index is 13.9. The third-order valence-electron chi connectivity index (χ3n) is 5.22. The highest BCUT2D eigenvalue weighted by atomic mass is 19.1. The number of nitrogens with two attached hydrogens (primary N) is 1. The van der Waals surface area contributed by atoms with E-state index in [2.05, 4.69) is 0 Å². The molecule has 0 saturated heterocycles. The Morgan fingerprint density at radius 3 is 1.84 bits per heavy atom. The van der Waals surface area contributed by atoms with Gasteiger partial charge in [0.15, 0.2) is 5.78 Å². The van der Waals surface area contributed by atoms with Crippen LogP contribution < -0.4 is 5.73 Å². The van der Waals surface area contributed by atoms with Gasteiger partial charge in [-0.1, -0.05) is 42.5 Å². The van der Waals surface area contributed by atoms with Crippen LogP contribution in [0.4, 0.5) is 8.78 Å². The number of benzene rings is 3. The summed E-state index contributed by atoms with van der Waals surface area (Å²) in [6, 6.07) is 15.2. The summed E-state index contributed by atoms with van der Waals surface area (Å²) in [5.74, 6) is -3.15. The van der Waals surface area contributed by atoms with Crippen molar-refractivity contribution < 1.29 is 23.2 Å². The maximum Gasteiger partial charge on any atom is 0.255 e. The van der Waals surface area contributed by atoms with E-state index in [9.17, 15) is 23.2 Å². The van der Waals surface area contributed by atoms with Crippen molar-refractivity contribution in [2.24, 2.45) is 5.73 Å². The Hall–Kier alpha value is -3.87. The largest absolute Gasteiger partial charge is 0.368 e. The number of halogens is 2. The number of ketones is 1. The topological polar surface area (TPSA) is 80.5 Å². The molecule has 0 aromatic heterocycles. The number of amides is 2. The molecule has 164 valence electrons. The van der Waals surface area contributed by atoms with Crippen LogP contribution in [0, 0.1) is 11.6 Å². The number of hydrogen-bond acceptors (Lipinski definition) is 3. The van der Waals surface area contributed by atoms with Gasteiger partial charge in [0.05, 0.1) is 6.04 Å². The van der Waals surface area contributed by atoms with E-state index in [0.717, 1.165) is 18.2 Å². The van der Waals surface area contributed by atoms with E-state index in [4.69, 9.17) is 5.73 Å². The zero-order valence-electron chi connectivity index (χ0n) is 17.6. The molecule has 2 atom stereocenters. The van der Waals surface area contributed by atoms with Crippen LogP contribution in [0.25, 0.3) is 0 Å². The smallest absolute Gasteiger partial charge is 0.255 e. The highest BCUT2D eigenvalue weighted by molar-refractivity contribution is 5.99. The van der Waals surface area contributed by atoms with Crippen molar-refractivity contribution in [1.29, 1.82) is 0 Å². The highest BCUT2D eigenvalue weighted by Gasteiger charge is 2.35. The molecule has 3 aromatic rings. The van der Waals surface area contributed by atoms with Gasteiger partial charge in [-0.2, -0.15) is 0 Å². The van der Waals surface area contributed by atoms with E-state index < -0.39 is 35.5 Å². The van der Waals surface area contributed by atoms with Crippen molar-refractivity contribution in [3.8, 4) is 0 Å². The summed E-state index contributed by atoms with van der Waals surface area (Å²) in [4.78, 5) is 38.9. The Balaban J connectivity index is 2.14. The van der Waals surface area contributed by atoms with Gasteiger partial charge in [-0.15, -0.1) is 0 Å². The monoisotopic (exact) mass is 436 g/mol. The lowest BCUT2D eigenvalue weighted by Crippen LogP contribution is -2.43. The quantitative estimate of drug-likeness (QED) is 0.550. The molecule has 0 bridgehead atoms. The molecular weight excluding hydrogens is 414 g/mol. The van der Waals surface area contributed by atoms with Crippen LogP contribution in [-0.2, 0) is 4.79 Å². The minimum absolute atomic E-state index is 0.163. The zero-order chi connectivity index (χ0) is 23.4. The Bertz CT molecular complexity index is 1130. The van der Waals surface area contributed by atoms with E-state index in [1.165, 1.54) is 36.1 Å². The number of carbonyl (C=O) groups excluding carboxylic acids is 3. The molecule has 0 fully saturated rings. The summed E-state index contributed by atoms with van der Waals surface area (Å²) in [7, 11) is 0. The lowest BCUT2D eigenvalue weighted by atomic mass is 9.97. The molecule has 2 N–H and O–H groups in total. The Labute approximate surface area is 184 Å². The number of Topliss-reactive ketones (excluding diaryl/α,β-unsaturated/α-hetero) is 1. The molecule has 0 aliphatic carbocycles. The van der Waals surface area contributed by atoms with E-state index in [1.54, 1.807) is 37.3 Å². The molecule has 0 radical (unpaired) electrons. The van der Waals surface area contributed by atoms with Crippen LogP contribution in [0.5, 0.6) is 0 Å². The van der Waals surface area contributed by atoms with Crippen molar-refractivity contribution in [1.82, 2.24) is 4.90 Å². The molecule has 7 heteroatoms. The molecule has 0 aliphatic heterocycles. The number of carbonyl (C=O) groups is 3. The van der Waals surface area contributed by atoms with E-state index in [0.29, 0.717) is 11.1 Å². The summed E-state index contributed by atoms with van der Waals surface area (Å²) in [6.07, 6.45) is 0. The zero-order valence-corrected chi connectivity index (χ0v) is 17.6. The molecule has 0 heterocycles. The first-order valence-electron chi connectivity index (χ1n) is 9.93. The summed E-state index contributed by atoms with van der Waals surface area (Å²) in [5.41, 5.74) is 6.94. The third kappa shape index (κ3) is 4.88. The average molecular weight is 436 g/mol. The fraction of sp³-hybridized carbons (Fsp3) is 0.160. The van der Waals surface area contributed by atoms with Crippen LogP contribution in [0.1, 0.15) is 57.8 Å². The Morgan fingerprint density at radius 1 is 0.812 bits per heavy atom. The van der Waals surface area contributed by atoms with E-state index in [1.807, 2.05) is 0 Å². The average Bonchev–Trinajstić information content (AvgIpc) is 2.76. The first kappa shape index (κ1) is 22.8. The van der Waals surface area contributed by atoms with Crippen molar-refractivity contribution >= 4 is 17.6 Å². The maximum absolute atomic E-state index is 13.9.